The first-order valence-electron chi connectivity index (χ1n) is 6.97. The average Bonchev–Trinajstić information content (AvgIpc) is 2.91. The highest BCUT2D eigenvalue weighted by molar-refractivity contribution is 6.06. The zero-order valence-electron chi connectivity index (χ0n) is 12.8. The van der Waals surface area contributed by atoms with Crippen LogP contribution in [0.15, 0.2) is 28.9 Å². The van der Waals surface area contributed by atoms with Crippen molar-refractivity contribution in [3.63, 3.8) is 0 Å². The molecule has 0 saturated heterocycles. The van der Waals surface area contributed by atoms with E-state index in [1.54, 1.807) is 0 Å². The van der Waals surface area contributed by atoms with Gasteiger partial charge in [0.2, 0.25) is 0 Å². The van der Waals surface area contributed by atoms with Crippen molar-refractivity contribution in [1.29, 1.82) is 0 Å². The van der Waals surface area contributed by atoms with Gasteiger partial charge in [-0.1, -0.05) is 13.0 Å². The van der Waals surface area contributed by atoms with Gasteiger partial charge in [-0.2, -0.15) is 0 Å². The number of fused-ring (bicyclic) bond motifs is 1. The third kappa shape index (κ3) is 3.25. The topological polar surface area (TPSA) is 60.7 Å². The predicted octanol–water partition coefficient (Wildman–Crippen LogP) is 2.73. The molecule has 0 bridgehead atoms. The van der Waals surface area contributed by atoms with Gasteiger partial charge < -0.3 is 19.2 Å². The van der Waals surface area contributed by atoms with Crippen LogP contribution >= 0.6 is 0 Å². The summed E-state index contributed by atoms with van der Waals surface area (Å²) in [6.45, 7) is 3.90. The van der Waals surface area contributed by atoms with Crippen molar-refractivity contribution in [1.82, 2.24) is 5.32 Å². The van der Waals surface area contributed by atoms with E-state index in [-0.39, 0.29) is 11.9 Å². The van der Waals surface area contributed by atoms with Crippen LogP contribution in [0.4, 0.5) is 0 Å². The Morgan fingerprint density at radius 3 is 2.67 bits per heavy atom. The number of furan rings is 1. The smallest absolute Gasteiger partial charge is 0.255 e. The van der Waals surface area contributed by atoms with Gasteiger partial charge in [0.05, 0.1) is 11.6 Å². The fourth-order valence-corrected chi connectivity index (χ4v) is 2.33. The maximum absolute atomic E-state index is 12.4. The Bertz CT molecular complexity index is 616. The SMILES string of the molecule is CCc1ccc2occ(C(=O)N[C@@H](C)C(OC)OC)c2c1. The zero-order valence-corrected chi connectivity index (χ0v) is 12.8. The van der Waals surface area contributed by atoms with E-state index in [0.717, 1.165) is 17.4 Å². The molecule has 0 aliphatic rings. The normalized spacial score (nSPS) is 12.8. The molecule has 5 heteroatoms. The monoisotopic (exact) mass is 291 g/mol. The van der Waals surface area contributed by atoms with E-state index in [9.17, 15) is 4.79 Å². The molecule has 1 heterocycles. The maximum atomic E-state index is 12.4. The Morgan fingerprint density at radius 1 is 1.33 bits per heavy atom. The van der Waals surface area contributed by atoms with Gasteiger partial charge in [0.25, 0.3) is 5.91 Å². The van der Waals surface area contributed by atoms with Gasteiger partial charge in [-0.05, 0) is 31.0 Å². The van der Waals surface area contributed by atoms with E-state index in [0.29, 0.717) is 11.1 Å². The molecule has 0 fully saturated rings. The molecule has 1 aromatic carbocycles. The second-order valence-electron chi connectivity index (χ2n) is 4.94. The van der Waals surface area contributed by atoms with E-state index in [4.69, 9.17) is 13.9 Å². The molecule has 0 saturated carbocycles. The average molecular weight is 291 g/mol. The second kappa shape index (κ2) is 6.74. The lowest BCUT2D eigenvalue weighted by Gasteiger charge is -2.21. The Balaban J connectivity index is 2.23. The fraction of sp³-hybridized carbons (Fsp3) is 0.438. The predicted molar refractivity (Wildman–Crippen MR) is 80.3 cm³/mol. The second-order valence-corrected chi connectivity index (χ2v) is 4.94. The molecule has 0 aliphatic heterocycles. The first-order chi connectivity index (χ1) is 10.1. The highest BCUT2D eigenvalue weighted by Crippen LogP contribution is 2.23. The molecule has 1 N–H and O–H groups in total. The Kier molecular flexibility index (Phi) is 4.98. The van der Waals surface area contributed by atoms with Crippen LogP contribution in [0.1, 0.15) is 29.8 Å². The number of carbonyl (C=O) groups excluding carboxylic acids is 1. The van der Waals surface area contributed by atoms with Crippen molar-refractivity contribution < 1.29 is 18.7 Å². The van der Waals surface area contributed by atoms with Crippen LogP contribution in [-0.4, -0.2) is 32.5 Å². The standard InChI is InChI=1S/C16H21NO4/c1-5-11-6-7-14-12(8-11)13(9-21-14)15(18)17-10(2)16(19-3)20-4/h6-10,16H,5H2,1-4H3,(H,17,18)/t10-/m0/s1. The third-order valence-corrected chi connectivity index (χ3v) is 3.52. The molecular formula is C16H21NO4. The van der Waals surface area contributed by atoms with Crippen LogP contribution in [-0.2, 0) is 15.9 Å². The minimum Gasteiger partial charge on any atom is -0.463 e. The van der Waals surface area contributed by atoms with Crippen molar-refractivity contribution in [2.75, 3.05) is 14.2 Å². The summed E-state index contributed by atoms with van der Waals surface area (Å²) < 4.78 is 15.7. The molecule has 0 radical (unpaired) electrons. The highest BCUT2D eigenvalue weighted by Gasteiger charge is 2.21. The number of hydrogen-bond acceptors (Lipinski definition) is 4. The molecule has 0 unspecified atom stereocenters. The first-order valence-corrected chi connectivity index (χ1v) is 6.97. The van der Waals surface area contributed by atoms with Crippen LogP contribution in [0.25, 0.3) is 11.0 Å². The van der Waals surface area contributed by atoms with Crippen LogP contribution in [0, 0.1) is 0 Å². The van der Waals surface area contributed by atoms with Gasteiger partial charge in [-0.25, -0.2) is 0 Å². The number of rotatable bonds is 6. The molecule has 1 atom stereocenters. The quantitative estimate of drug-likeness (QED) is 0.831. The first kappa shape index (κ1) is 15.5. The highest BCUT2D eigenvalue weighted by atomic mass is 16.7. The summed E-state index contributed by atoms with van der Waals surface area (Å²) in [5.74, 6) is -0.200. The van der Waals surface area contributed by atoms with Gasteiger partial charge in [0, 0.05) is 19.6 Å². The van der Waals surface area contributed by atoms with Crippen LogP contribution in [0.3, 0.4) is 0 Å². The number of benzene rings is 1. The minimum absolute atomic E-state index is 0.200. The number of methoxy groups -OCH3 is 2. The van der Waals surface area contributed by atoms with Gasteiger partial charge in [0.1, 0.15) is 11.8 Å². The Labute approximate surface area is 124 Å². The third-order valence-electron chi connectivity index (χ3n) is 3.52. The molecule has 0 spiro atoms. The van der Waals surface area contributed by atoms with Crippen molar-refractivity contribution >= 4 is 16.9 Å². The molecule has 2 aromatic rings. The lowest BCUT2D eigenvalue weighted by molar-refractivity contribution is -0.117. The van der Waals surface area contributed by atoms with E-state index in [1.165, 1.54) is 20.5 Å². The van der Waals surface area contributed by atoms with Crippen molar-refractivity contribution in [2.45, 2.75) is 32.6 Å². The zero-order chi connectivity index (χ0) is 15.4. The van der Waals surface area contributed by atoms with E-state index in [1.807, 2.05) is 25.1 Å². The molecule has 5 nitrogen and oxygen atoms in total. The lowest BCUT2D eigenvalue weighted by atomic mass is 10.1. The molecule has 114 valence electrons. The fourth-order valence-electron chi connectivity index (χ4n) is 2.33. The van der Waals surface area contributed by atoms with Crippen molar-refractivity contribution in [2.24, 2.45) is 0 Å². The van der Waals surface area contributed by atoms with E-state index >= 15 is 0 Å². The van der Waals surface area contributed by atoms with Crippen LogP contribution < -0.4 is 5.32 Å². The maximum Gasteiger partial charge on any atom is 0.255 e. The summed E-state index contributed by atoms with van der Waals surface area (Å²) in [6, 6.07) is 5.61. The number of ether oxygens (including phenoxy) is 2. The molecule has 1 aromatic heterocycles. The molecule has 21 heavy (non-hydrogen) atoms. The van der Waals surface area contributed by atoms with Crippen molar-refractivity contribution in [3.8, 4) is 0 Å². The number of nitrogens with one attached hydrogen (secondary N) is 1. The van der Waals surface area contributed by atoms with Crippen LogP contribution in [0.5, 0.6) is 0 Å². The Morgan fingerprint density at radius 2 is 2.05 bits per heavy atom. The molecular weight excluding hydrogens is 270 g/mol. The lowest BCUT2D eigenvalue weighted by Crippen LogP contribution is -2.42. The molecule has 0 aliphatic carbocycles. The Hall–Kier alpha value is -1.85. The van der Waals surface area contributed by atoms with E-state index < -0.39 is 6.29 Å². The summed E-state index contributed by atoms with van der Waals surface area (Å²) in [6.07, 6.45) is 1.91. The number of aryl methyl sites for hydroxylation is 1. The summed E-state index contributed by atoms with van der Waals surface area (Å²) in [4.78, 5) is 12.4. The molecule has 2 rings (SSSR count). The van der Waals surface area contributed by atoms with Gasteiger partial charge in [-0.15, -0.1) is 0 Å². The minimum atomic E-state index is -0.488. The van der Waals surface area contributed by atoms with Crippen molar-refractivity contribution in [3.05, 3.63) is 35.6 Å². The van der Waals surface area contributed by atoms with Gasteiger partial charge in [0.15, 0.2) is 6.29 Å². The largest absolute Gasteiger partial charge is 0.463 e. The summed E-state index contributed by atoms with van der Waals surface area (Å²) in [5, 5.41) is 3.69. The number of amides is 1. The summed E-state index contributed by atoms with van der Waals surface area (Å²) >= 11 is 0. The van der Waals surface area contributed by atoms with Gasteiger partial charge >= 0.3 is 0 Å². The molecule has 1 amide bonds. The van der Waals surface area contributed by atoms with Gasteiger partial charge in [-0.3, -0.25) is 4.79 Å². The van der Waals surface area contributed by atoms with E-state index in [2.05, 4.69) is 12.2 Å². The van der Waals surface area contributed by atoms with Crippen LogP contribution in [0.2, 0.25) is 0 Å². The number of hydrogen-bond donors (Lipinski definition) is 1. The number of carbonyl (C=O) groups is 1. The summed E-state index contributed by atoms with van der Waals surface area (Å²) in [5.41, 5.74) is 2.40. The summed E-state index contributed by atoms with van der Waals surface area (Å²) in [7, 11) is 3.08.